The van der Waals surface area contributed by atoms with Crippen molar-refractivity contribution < 1.29 is 0 Å². The van der Waals surface area contributed by atoms with Crippen molar-refractivity contribution in [2.45, 2.75) is 0 Å². The molecule has 0 N–H and O–H groups in total. The zero-order valence-corrected chi connectivity index (χ0v) is 14.8. The number of aromatic nitrogens is 1. The Morgan fingerprint density at radius 2 is 1.15 bits per heavy atom. The second-order valence-electron chi connectivity index (χ2n) is 6.40. The molecule has 0 spiro atoms. The number of nitrogens with zero attached hydrogens (tertiary/aromatic N) is 1. The predicted molar refractivity (Wildman–Crippen MR) is 111 cm³/mol. The summed E-state index contributed by atoms with van der Waals surface area (Å²) in [7, 11) is 0. The van der Waals surface area contributed by atoms with E-state index in [9.17, 15) is 0 Å². The Morgan fingerprint density at radius 3 is 1.77 bits per heavy atom. The van der Waals surface area contributed by atoms with Gasteiger partial charge in [-0.1, -0.05) is 84.4 Å². The van der Waals surface area contributed by atoms with Crippen molar-refractivity contribution in [2.24, 2.45) is 0 Å². The van der Waals surface area contributed by atoms with Crippen LogP contribution in [0.3, 0.4) is 0 Å². The fraction of sp³-hybridized carbons (Fsp3) is 0. The van der Waals surface area contributed by atoms with Gasteiger partial charge in [-0.2, -0.15) is 0 Å². The van der Waals surface area contributed by atoms with Crippen LogP contribution in [-0.2, 0) is 0 Å². The molecule has 0 aliphatic carbocycles. The Bertz CT molecular complexity index is 1180. The van der Waals surface area contributed by atoms with Gasteiger partial charge in [-0.25, -0.2) is 0 Å². The van der Waals surface area contributed by atoms with Crippen LogP contribution >= 0.6 is 11.6 Å². The number of rotatable bonds is 2. The largest absolute Gasteiger partial charge is 0.309 e. The molecule has 1 heterocycles. The van der Waals surface area contributed by atoms with Crippen molar-refractivity contribution >= 4 is 33.4 Å². The van der Waals surface area contributed by atoms with E-state index in [1.807, 2.05) is 18.2 Å². The van der Waals surface area contributed by atoms with Crippen molar-refractivity contribution in [2.75, 3.05) is 0 Å². The molecule has 26 heavy (non-hydrogen) atoms. The van der Waals surface area contributed by atoms with E-state index in [-0.39, 0.29) is 0 Å². The van der Waals surface area contributed by atoms with Gasteiger partial charge >= 0.3 is 0 Å². The van der Waals surface area contributed by atoms with Crippen LogP contribution in [0.15, 0.2) is 97.1 Å². The number of hydrogen-bond acceptors (Lipinski definition) is 0. The highest BCUT2D eigenvalue weighted by Gasteiger charge is 2.12. The zero-order chi connectivity index (χ0) is 17.5. The molecule has 1 nitrogen and oxygen atoms in total. The molecule has 0 saturated heterocycles. The van der Waals surface area contributed by atoms with Gasteiger partial charge in [-0.3, -0.25) is 0 Å². The number of fused-ring (bicyclic) bond motifs is 3. The molecule has 0 fully saturated rings. The van der Waals surface area contributed by atoms with Crippen molar-refractivity contribution in [3.05, 3.63) is 102 Å². The first kappa shape index (κ1) is 15.2. The molecule has 2 heteroatoms. The summed E-state index contributed by atoms with van der Waals surface area (Å²) in [5.41, 5.74) is 5.64. The number of benzene rings is 4. The first-order valence-electron chi connectivity index (χ1n) is 8.66. The average Bonchev–Trinajstić information content (AvgIpc) is 3.03. The van der Waals surface area contributed by atoms with Gasteiger partial charge in [0.05, 0.1) is 16.1 Å². The van der Waals surface area contributed by atoms with Gasteiger partial charge in [0.25, 0.3) is 0 Å². The summed E-state index contributed by atoms with van der Waals surface area (Å²) >= 11 is 6.67. The van der Waals surface area contributed by atoms with Gasteiger partial charge in [0.1, 0.15) is 0 Å². The lowest BCUT2D eigenvalue weighted by molar-refractivity contribution is 1.18. The standard InChI is InChI=1S/C24H16ClN/c25-22-16-18(14-15-19(22)17-8-2-1-3-9-17)26-23-12-6-4-10-20(23)21-11-5-7-13-24(21)26/h1-16H. The molecule has 0 unspecified atom stereocenters. The van der Waals surface area contributed by atoms with Gasteiger partial charge < -0.3 is 4.57 Å². The van der Waals surface area contributed by atoms with E-state index in [1.54, 1.807) is 0 Å². The van der Waals surface area contributed by atoms with Gasteiger partial charge in [-0.05, 0) is 29.8 Å². The molecule has 124 valence electrons. The third kappa shape index (κ3) is 2.33. The summed E-state index contributed by atoms with van der Waals surface area (Å²) in [6, 6.07) is 33.6. The van der Waals surface area contributed by atoms with E-state index in [0.29, 0.717) is 0 Å². The highest BCUT2D eigenvalue weighted by Crippen LogP contribution is 2.35. The van der Waals surface area contributed by atoms with Crippen LogP contribution in [0.1, 0.15) is 0 Å². The third-order valence-corrected chi connectivity index (χ3v) is 5.19. The Morgan fingerprint density at radius 1 is 0.577 bits per heavy atom. The van der Waals surface area contributed by atoms with Crippen LogP contribution < -0.4 is 0 Å². The molecule has 0 atom stereocenters. The highest BCUT2D eigenvalue weighted by molar-refractivity contribution is 6.33. The summed E-state index contributed by atoms with van der Waals surface area (Å²) in [4.78, 5) is 0. The summed E-state index contributed by atoms with van der Waals surface area (Å²) in [6.45, 7) is 0. The Labute approximate surface area is 157 Å². The van der Waals surface area contributed by atoms with Gasteiger partial charge in [-0.15, -0.1) is 0 Å². The second kappa shape index (κ2) is 6.05. The Kier molecular flexibility index (Phi) is 3.55. The molecule has 5 rings (SSSR count). The molecule has 0 bridgehead atoms. The van der Waals surface area contributed by atoms with Crippen LogP contribution in [0.5, 0.6) is 0 Å². The fourth-order valence-corrected chi connectivity index (χ4v) is 3.98. The van der Waals surface area contributed by atoms with Crippen molar-refractivity contribution in [1.29, 1.82) is 0 Å². The van der Waals surface area contributed by atoms with E-state index < -0.39 is 0 Å². The lowest BCUT2D eigenvalue weighted by Gasteiger charge is -2.11. The first-order valence-corrected chi connectivity index (χ1v) is 9.04. The topological polar surface area (TPSA) is 4.93 Å². The van der Waals surface area contributed by atoms with Gasteiger partial charge in [0, 0.05) is 22.0 Å². The minimum absolute atomic E-state index is 0.760. The number of halogens is 1. The number of hydrogen-bond donors (Lipinski definition) is 0. The maximum atomic E-state index is 6.67. The van der Waals surface area contributed by atoms with Crippen LogP contribution in [-0.4, -0.2) is 4.57 Å². The van der Waals surface area contributed by atoms with Gasteiger partial charge in [0.15, 0.2) is 0 Å². The van der Waals surface area contributed by atoms with Gasteiger partial charge in [0.2, 0.25) is 0 Å². The maximum absolute atomic E-state index is 6.67. The highest BCUT2D eigenvalue weighted by atomic mass is 35.5. The van der Waals surface area contributed by atoms with Crippen molar-refractivity contribution in [3.63, 3.8) is 0 Å². The summed E-state index contributed by atoms with van der Waals surface area (Å²) in [5, 5.41) is 3.27. The first-order chi connectivity index (χ1) is 12.8. The molecule has 4 aromatic carbocycles. The van der Waals surface area contributed by atoms with Crippen molar-refractivity contribution in [1.82, 2.24) is 4.57 Å². The smallest absolute Gasteiger partial charge is 0.0541 e. The van der Waals surface area contributed by atoms with E-state index in [0.717, 1.165) is 21.8 Å². The molecular weight excluding hydrogens is 338 g/mol. The fourth-order valence-electron chi connectivity index (χ4n) is 3.70. The van der Waals surface area contributed by atoms with E-state index >= 15 is 0 Å². The summed E-state index contributed by atoms with van der Waals surface area (Å²) in [5.74, 6) is 0. The third-order valence-electron chi connectivity index (χ3n) is 4.88. The quantitative estimate of drug-likeness (QED) is 0.319. The van der Waals surface area contributed by atoms with Crippen LogP contribution in [0.25, 0.3) is 38.6 Å². The van der Waals surface area contributed by atoms with Crippen LogP contribution in [0.2, 0.25) is 5.02 Å². The average molecular weight is 354 g/mol. The zero-order valence-electron chi connectivity index (χ0n) is 14.1. The molecule has 0 amide bonds. The minimum atomic E-state index is 0.760. The molecule has 0 aliphatic heterocycles. The van der Waals surface area contributed by atoms with E-state index in [1.165, 1.54) is 21.8 Å². The van der Waals surface area contributed by atoms with E-state index in [4.69, 9.17) is 11.6 Å². The Balaban J connectivity index is 1.77. The Hall–Kier alpha value is -3.03. The second-order valence-corrected chi connectivity index (χ2v) is 6.81. The monoisotopic (exact) mass is 353 g/mol. The van der Waals surface area contributed by atoms with Crippen LogP contribution in [0, 0.1) is 0 Å². The predicted octanol–water partition coefficient (Wildman–Crippen LogP) is 7.10. The van der Waals surface area contributed by atoms with E-state index in [2.05, 4.69) is 83.4 Å². The lowest BCUT2D eigenvalue weighted by atomic mass is 10.1. The molecule has 0 saturated carbocycles. The van der Waals surface area contributed by atoms with Crippen molar-refractivity contribution in [3.8, 4) is 16.8 Å². The lowest BCUT2D eigenvalue weighted by Crippen LogP contribution is -1.94. The molecular formula is C24H16ClN. The molecule has 1 aromatic heterocycles. The molecule has 5 aromatic rings. The SMILES string of the molecule is Clc1cc(-n2c3ccccc3c3ccccc32)ccc1-c1ccccc1. The molecule has 0 radical (unpaired) electrons. The normalized spacial score (nSPS) is 11.3. The summed E-state index contributed by atoms with van der Waals surface area (Å²) < 4.78 is 2.28. The minimum Gasteiger partial charge on any atom is -0.309 e. The summed E-state index contributed by atoms with van der Waals surface area (Å²) in [6.07, 6.45) is 0. The maximum Gasteiger partial charge on any atom is 0.0541 e. The number of para-hydroxylation sites is 2. The van der Waals surface area contributed by atoms with Crippen LogP contribution in [0.4, 0.5) is 0 Å². The molecule has 0 aliphatic rings.